The summed E-state index contributed by atoms with van der Waals surface area (Å²) in [7, 11) is 4.47. The standard InChI is InChI=1S/C18H20O6/c1-21-15-7-4-10(8-12(15)19)14-6-5-11-9-13(20)17(22-2)18(23-3)16(11)24-14/h4,7-9,14,19-20H,5-6H2,1-3H3. The van der Waals surface area contributed by atoms with Crippen molar-refractivity contribution in [1.29, 1.82) is 0 Å². The minimum Gasteiger partial charge on any atom is -0.504 e. The van der Waals surface area contributed by atoms with Crippen LogP contribution >= 0.6 is 0 Å². The Kier molecular flexibility index (Phi) is 4.29. The van der Waals surface area contributed by atoms with Crippen molar-refractivity contribution in [3.8, 4) is 34.5 Å². The molecule has 3 rings (SSSR count). The van der Waals surface area contributed by atoms with E-state index in [0.29, 0.717) is 30.1 Å². The van der Waals surface area contributed by atoms with Crippen LogP contribution in [0.4, 0.5) is 0 Å². The Balaban J connectivity index is 1.98. The van der Waals surface area contributed by atoms with Gasteiger partial charge in [-0.05, 0) is 36.6 Å². The number of phenolic OH excluding ortho intramolecular Hbond substituents is 2. The number of phenols is 2. The maximum Gasteiger partial charge on any atom is 0.207 e. The van der Waals surface area contributed by atoms with Gasteiger partial charge in [-0.15, -0.1) is 0 Å². The molecule has 2 N–H and O–H groups in total. The third-order valence-electron chi connectivity index (χ3n) is 4.17. The van der Waals surface area contributed by atoms with Crippen LogP contribution in [-0.2, 0) is 6.42 Å². The summed E-state index contributed by atoms with van der Waals surface area (Å²) in [5.74, 6) is 1.68. The van der Waals surface area contributed by atoms with Gasteiger partial charge in [0.15, 0.2) is 23.0 Å². The summed E-state index contributed by atoms with van der Waals surface area (Å²) in [6.07, 6.45) is 1.19. The van der Waals surface area contributed by atoms with E-state index in [4.69, 9.17) is 18.9 Å². The van der Waals surface area contributed by atoms with E-state index in [9.17, 15) is 10.2 Å². The highest BCUT2D eigenvalue weighted by atomic mass is 16.5. The predicted octanol–water partition coefficient (Wildman–Crippen LogP) is 3.19. The van der Waals surface area contributed by atoms with Crippen LogP contribution in [0, 0.1) is 0 Å². The summed E-state index contributed by atoms with van der Waals surface area (Å²) >= 11 is 0. The van der Waals surface area contributed by atoms with E-state index in [-0.39, 0.29) is 23.4 Å². The quantitative estimate of drug-likeness (QED) is 0.895. The van der Waals surface area contributed by atoms with Crippen LogP contribution in [-0.4, -0.2) is 31.5 Å². The fourth-order valence-electron chi connectivity index (χ4n) is 2.99. The van der Waals surface area contributed by atoms with Crippen molar-refractivity contribution in [2.24, 2.45) is 0 Å². The van der Waals surface area contributed by atoms with Crippen LogP contribution < -0.4 is 18.9 Å². The van der Waals surface area contributed by atoms with Crippen LogP contribution in [0.5, 0.6) is 34.5 Å². The van der Waals surface area contributed by atoms with Crippen molar-refractivity contribution in [2.45, 2.75) is 18.9 Å². The summed E-state index contributed by atoms with van der Waals surface area (Å²) in [4.78, 5) is 0. The van der Waals surface area contributed by atoms with Crippen LogP contribution in [0.2, 0.25) is 0 Å². The summed E-state index contributed by atoms with van der Waals surface area (Å²) in [5.41, 5.74) is 1.70. The fraction of sp³-hybridized carbons (Fsp3) is 0.333. The van der Waals surface area contributed by atoms with Crippen LogP contribution in [0.25, 0.3) is 0 Å². The van der Waals surface area contributed by atoms with Crippen LogP contribution in [0.3, 0.4) is 0 Å². The lowest BCUT2D eigenvalue weighted by atomic mass is 9.96. The molecule has 1 atom stereocenters. The lowest BCUT2D eigenvalue weighted by molar-refractivity contribution is 0.165. The van der Waals surface area contributed by atoms with Gasteiger partial charge in [0.2, 0.25) is 11.5 Å². The number of aryl methyl sites for hydroxylation is 1. The molecular formula is C18H20O6. The molecule has 0 radical (unpaired) electrons. The highest BCUT2D eigenvalue weighted by Gasteiger charge is 2.29. The Morgan fingerprint density at radius 3 is 2.33 bits per heavy atom. The van der Waals surface area contributed by atoms with E-state index in [1.807, 2.05) is 6.07 Å². The molecule has 6 nitrogen and oxygen atoms in total. The molecule has 1 aliphatic rings. The zero-order valence-corrected chi connectivity index (χ0v) is 13.8. The highest BCUT2D eigenvalue weighted by molar-refractivity contribution is 5.63. The fourth-order valence-corrected chi connectivity index (χ4v) is 2.99. The molecular weight excluding hydrogens is 312 g/mol. The van der Waals surface area contributed by atoms with Gasteiger partial charge in [-0.1, -0.05) is 6.07 Å². The lowest BCUT2D eigenvalue weighted by Gasteiger charge is -2.29. The first-order chi connectivity index (χ1) is 11.6. The number of hydrogen-bond donors (Lipinski definition) is 2. The molecule has 1 heterocycles. The monoisotopic (exact) mass is 332 g/mol. The molecule has 0 aromatic heterocycles. The minimum absolute atomic E-state index is 0.0252. The molecule has 6 heteroatoms. The van der Waals surface area contributed by atoms with Gasteiger partial charge in [0.25, 0.3) is 0 Å². The summed E-state index contributed by atoms with van der Waals surface area (Å²) in [5, 5.41) is 20.0. The molecule has 0 amide bonds. The highest BCUT2D eigenvalue weighted by Crippen LogP contribution is 2.50. The normalized spacial score (nSPS) is 16.0. The number of fused-ring (bicyclic) bond motifs is 1. The smallest absolute Gasteiger partial charge is 0.207 e. The van der Waals surface area contributed by atoms with Gasteiger partial charge in [-0.2, -0.15) is 0 Å². The topological polar surface area (TPSA) is 77.4 Å². The number of ether oxygens (including phenoxy) is 4. The van der Waals surface area contributed by atoms with Gasteiger partial charge in [-0.25, -0.2) is 0 Å². The van der Waals surface area contributed by atoms with E-state index in [1.165, 1.54) is 21.3 Å². The minimum atomic E-state index is -0.238. The Morgan fingerprint density at radius 2 is 1.71 bits per heavy atom. The van der Waals surface area contributed by atoms with Gasteiger partial charge >= 0.3 is 0 Å². The van der Waals surface area contributed by atoms with Gasteiger partial charge in [-0.3, -0.25) is 0 Å². The second kappa shape index (κ2) is 6.39. The number of benzene rings is 2. The van der Waals surface area contributed by atoms with Crippen molar-refractivity contribution >= 4 is 0 Å². The molecule has 2 aromatic rings. The van der Waals surface area contributed by atoms with E-state index >= 15 is 0 Å². The van der Waals surface area contributed by atoms with Crippen LogP contribution in [0.1, 0.15) is 23.7 Å². The van der Waals surface area contributed by atoms with Crippen molar-refractivity contribution in [2.75, 3.05) is 21.3 Å². The second-order valence-electron chi connectivity index (χ2n) is 5.53. The van der Waals surface area contributed by atoms with Gasteiger partial charge < -0.3 is 29.2 Å². The SMILES string of the molecule is COc1ccc(C2CCc3cc(O)c(OC)c(OC)c3O2)cc1O. The van der Waals surface area contributed by atoms with Crippen molar-refractivity contribution in [3.05, 3.63) is 35.4 Å². The average Bonchev–Trinajstić information content (AvgIpc) is 2.60. The van der Waals surface area contributed by atoms with E-state index < -0.39 is 0 Å². The van der Waals surface area contributed by atoms with Crippen LogP contribution in [0.15, 0.2) is 24.3 Å². The van der Waals surface area contributed by atoms with E-state index in [0.717, 1.165) is 11.1 Å². The molecule has 0 bridgehead atoms. The summed E-state index contributed by atoms with van der Waals surface area (Å²) < 4.78 is 21.8. The number of methoxy groups -OCH3 is 3. The Labute approximate surface area is 140 Å². The summed E-state index contributed by atoms with van der Waals surface area (Å²) in [6.45, 7) is 0. The van der Waals surface area contributed by atoms with E-state index in [1.54, 1.807) is 18.2 Å². The van der Waals surface area contributed by atoms with Gasteiger partial charge in [0.05, 0.1) is 21.3 Å². The Hall–Kier alpha value is -2.76. The zero-order valence-electron chi connectivity index (χ0n) is 13.8. The summed E-state index contributed by atoms with van der Waals surface area (Å²) in [6, 6.07) is 6.84. The maximum atomic E-state index is 10.0. The van der Waals surface area contributed by atoms with Crippen molar-refractivity contribution < 1.29 is 29.2 Å². The number of hydrogen-bond acceptors (Lipinski definition) is 6. The van der Waals surface area contributed by atoms with Crippen molar-refractivity contribution in [1.82, 2.24) is 0 Å². The van der Waals surface area contributed by atoms with Gasteiger partial charge in [0.1, 0.15) is 6.10 Å². The molecule has 128 valence electrons. The van der Waals surface area contributed by atoms with Gasteiger partial charge in [0, 0.05) is 5.56 Å². The Bertz CT molecular complexity index is 756. The lowest BCUT2D eigenvalue weighted by Crippen LogP contribution is -2.16. The first kappa shape index (κ1) is 16.1. The number of aromatic hydroxyl groups is 2. The molecule has 0 fully saturated rings. The molecule has 0 spiro atoms. The predicted molar refractivity (Wildman–Crippen MR) is 87.6 cm³/mol. The maximum absolute atomic E-state index is 10.0. The van der Waals surface area contributed by atoms with E-state index in [2.05, 4.69) is 0 Å². The largest absolute Gasteiger partial charge is 0.504 e. The first-order valence-electron chi connectivity index (χ1n) is 7.59. The van der Waals surface area contributed by atoms with Crippen molar-refractivity contribution in [3.63, 3.8) is 0 Å². The molecule has 0 saturated carbocycles. The molecule has 24 heavy (non-hydrogen) atoms. The molecule has 1 aliphatic heterocycles. The molecule has 0 saturated heterocycles. The third kappa shape index (κ3) is 2.64. The average molecular weight is 332 g/mol. The third-order valence-corrected chi connectivity index (χ3v) is 4.17. The zero-order chi connectivity index (χ0) is 17.3. The molecule has 2 aromatic carbocycles. The molecule has 0 aliphatic carbocycles. The molecule has 1 unspecified atom stereocenters. The Morgan fingerprint density at radius 1 is 0.958 bits per heavy atom. The second-order valence-corrected chi connectivity index (χ2v) is 5.53. The first-order valence-corrected chi connectivity index (χ1v) is 7.59. The number of rotatable bonds is 4.